The predicted octanol–water partition coefficient (Wildman–Crippen LogP) is 6.73. The second-order valence-corrected chi connectivity index (χ2v) is 11.2. The first kappa shape index (κ1) is 47.9. The van der Waals surface area contributed by atoms with Crippen LogP contribution in [0.5, 0.6) is 0 Å². The Morgan fingerprint density at radius 2 is 0.580 bits per heavy atom. The molecule has 37 heteroatoms. The number of hydrogen-bond acceptors (Lipinski definition) is 7. The van der Waals surface area contributed by atoms with E-state index in [9.17, 15) is 131 Å². The maximum absolute atomic E-state index is 14.1. The molecule has 2 unspecified atom stereocenters. The first-order valence-electron chi connectivity index (χ1n) is 9.83. The fourth-order valence-electron chi connectivity index (χ4n) is 2.23. The van der Waals surface area contributed by atoms with Crippen LogP contribution in [0.2, 0.25) is 0 Å². The Bertz CT molecular complexity index is 1480. The quantitative estimate of drug-likeness (QED) is 0.136. The number of hydrogen-bond donors (Lipinski definition) is 2. The van der Waals surface area contributed by atoms with Crippen LogP contribution in [0.4, 0.5) is 114 Å². The molecule has 0 aliphatic heterocycles. The summed E-state index contributed by atoms with van der Waals surface area (Å²) >= 11 is 0. The van der Waals surface area contributed by atoms with Crippen LogP contribution in [0.25, 0.3) is 0 Å². The van der Waals surface area contributed by atoms with Gasteiger partial charge in [-0.15, -0.1) is 0 Å². The van der Waals surface area contributed by atoms with E-state index in [1.807, 2.05) is 0 Å². The summed E-state index contributed by atoms with van der Waals surface area (Å²) < 4.78 is 408. The third-order valence-corrected chi connectivity index (χ3v) is 6.55. The molecule has 9 nitrogen and oxygen atoms in total. The van der Waals surface area contributed by atoms with Crippen molar-refractivity contribution in [3.63, 3.8) is 0 Å². The highest BCUT2D eigenvalue weighted by Gasteiger charge is 2.94. The molecule has 0 amide bonds. The molecule has 0 radical (unpaired) electrons. The van der Waals surface area contributed by atoms with Crippen LogP contribution in [0.3, 0.4) is 0 Å². The predicted molar refractivity (Wildman–Crippen MR) is 90.7 cm³/mol. The molecule has 0 heterocycles. The van der Waals surface area contributed by atoms with Gasteiger partial charge in [0.05, 0.1) is 0 Å². The van der Waals surface area contributed by atoms with E-state index in [1.165, 1.54) is 0 Å². The molecule has 0 aromatic carbocycles. The van der Waals surface area contributed by atoms with Crippen molar-refractivity contribution in [1.82, 2.24) is 0 Å². The van der Waals surface area contributed by atoms with Gasteiger partial charge in [-0.25, -0.2) is 4.74 Å². The molecule has 0 saturated heterocycles. The zero-order valence-corrected chi connectivity index (χ0v) is 22.5. The number of alkyl halides is 26. The zero-order valence-electron chi connectivity index (χ0n) is 20.9. The summed E-state index contributed by atoms with van der Waals surface area (Å²) in [5.74, 6) is -46.9. The minimum Gasteiger partial charge on any atom is -0.281 e. The van der Waals surface area contributed by atoms with Crippen molar-refractivity contribution in [2.24, 2.45) is 0 Å². The Balaban J connectivity index is 7.54. The molecule has 0 fully saturated rings. The van der Waals surface area contributed by atoms with E-state index in [0.29, 0.717) is 0 Å². The normalized spacial score (nSPS) is 18.9. The minimum absolute atomic E-state index is 0.740. The zero-order chi connectivity index (χ0) is 41.6. The molecule has 0 aliphatic carbocycles. The van der Waals surface area contributed by atoms with Crippen LogP contribution < -0.4 is 0 Å². The lowest BCUT2D eigenvalue weighted by Gasteiger charge is -2.44. The van der Waals surface area contributed by atoms with E-state index in [4.69, 9.17) is 9.11 Å². The van der Waals surface area contributed by atoms with Crippen LogP contribution in [-0.4, -0.2) is 103 Å². The van der Waals surface area contributed by atoms with E-state index < -0.39 is 97.0 Å². The van der Waals surface area contributed by atoms with Gasteiger partial charge in [-0.3, -0.25) is 18.6 Å². The molecule has 0 saturated carbocycles. The van der Waals surface area contributed by atoms with Gasteiger partial charge >= 0.3 is 97.0 Å². The number of ether oxygens (including phenoxy) is 3. The molecule has 50 heavy (non-hydrogen) atoms. The van der Waals surface area contributed by atoms with E-state index in [2.05, 4.69) is 0 Å². The molecule has 0 aliphatic rings. The van der Waals surface area contributed by atoms with Crippen LogP contribution in [-0.2, 0) is 34.4 Å². The average Bonchev–Trinajstić information content (AvgIpc) is 2.79. The SMILES string of the molecule is O=S(=O)(O)C(F)(F)C(F)(F)OC(F)(C(F)(F)F)C(F)(F)OC(F)(F)C(F)(F)C(F)(F)C(F)(F)C(F)(OC(F)(F)C(F)(F)S(=O)(=O)O)C(F)(F)F. The molecule has 0 aromatic rings. The summed E-state index contributed by atoms with van der Waals surface area (Å²) in [5, 5.41) is -15.8. The van der Waals surface area contributed by atoms with E-state index >= 15 is 0 Å². The van der Waals surface area contributed by atoms with E-state index in [1.54, 1.807) is 0 Å². The van der Waals surface area contributed by atoms with Crippen molar-refractivity contribution in [3.05, 3.63) is 0 Å². The molecule has 302 valence electrons. The Hall–Kier alpha value is -2.12. The molecule has 0 spiro atoms. The second-order valence-electron chi connectivity index (χ2n) is 8.27. The topological polar surface area (TPSA) is 136 Å². The Morgan fingerprint density at radius 1 is 0.320 bits per heavy atom. The summed E-state index contributed by atoms with van der Waals surface area (Å²) in [5.41, 5.74) is 0. The first-order valence-corrected chi connectivity index (χ1v) is 12.7. The standard InChI is InChI=1S/C13H2F26O9S2/c14-1(15,2(16,17)4(20,6(22,23)24)46-10(32,33)12(36,37)49(40,41)42)3(18,19)8(28,29)48-9(30,31)5(21,7(25,26)27)47-11(34,35)13(38,39)50(43,44)45/h(H,40,41,42)(H,43,44,45). The van der Waals surface area contributed by atoms with Gasteiger partial charge in [0, 0.05) is 0 Å². The summed E-state index contributed by atoms with van der Waals surface area (Å²) in [6.45, 7) is 0. The summed E-state index contributed by atoms with van der Waals surface area (Å²) in [4.78, 5) is 0. The minimum atomic E-state index is -9.69. The second kappa shape index (κ2) is 11.9. The fraction of sp³-hybridized carbons (Fsp3) is 1.00. The Morgan fingerprint density at radius 3 is 0.820 bits per heavy atom. The summed E-state index contributed by atoms with van der Waals surface area (Å²) in [6, 6.07) is 0. The smallest absolute Gasteiger partial charge is 0.281 e. The molecule has 0 bridgehead atoms. The fourth-order valence-corrected chi connectivity index (χ4v) is 2.91. The third-order valence-electron chi connectivity index (χ3n) is 4.78. The van der Waals surface area contributed by atoms with Gasteiger partial charge in [-0.1, -0.05) is 0 Å². The van der Waals surface area contributed by atoms with Crippen molar-refractivity contribution >= 4 is 20.2 Å². The third kappa shape index (κ3) is 7.00. The van der Waals surface area contributed by atoms with E-state index in [-0.39, 0.29) is 0 Å². The highest BCUT2D eigenvalue weighted by Crippen LogP contribution is 2.63. The average molecular weight is 860 g/mol. The Labute approximate surface area is 252 Å². The molecular formula is C13H2F26O9S2. The van der Waals surface area contributed by atoms with Gasteiger partial charge in [0.2, 0.25) is 0 Å². The molecule has 2 N–H and O–H groups in total. The van der Waals surface area contributed by atoms with Crippen molar-refractivity contribution in [2.45, 2.75) is 76.8 Å². The summed E-state index contributed by atoms with van der Waals surface area (Å²) in [7, 11) is -16.2. The maximum atomic E-state index is 14.1. The molecule has 0 rings (SSSR count). The van der Waals surface area contributed by atoms with Crippen molar-refractivity contribution in [3.8, 4) is 0 Å². The first-order chi connectivity index (χ1) is 20.9. The van der Waals surface area contributed by atoms with Gasteiger partial charge in [0.15, 0.2) is 0 Å². The van der Waals surface area contributed by atoms with Gasteiger partial charge in [0.25, 0.3) is 0 Å². The molecular weight excluding hydrogens is 858 g/mol. The highest BCUT2D eigenvalue weighted by molar-refractivity contribution is 7.87. The Kier molecular flexibility index (Phi) is 11.4. The summed E-state index contributed by atoms with van der Waals surface area (Å²) in [6.07, 6.45) is -52.2. The van der Waals surface area contributed by atoms with Crippen LogP contribution in [0.1, 0.15) is 0 Å². The lowest BCUT2D eigenvalue weighted by atomic mass is 9.96. The van der Waals surface area contributed by atoms with Crippen LogP contribution in [0.15, 0.2) is 0 Å². The van der Waals surface area contributed by atoms with Gasteiger partial charge in [-0.2, -0.15) is 131 Å². The van der Waals surface area contributed by atoms with Crippen molar-refractivity contribution in [1.29, 1.82) is 0 Å². The number of halogens is 26. The van der Waals surface area contributed by atoms with Crippen molar-refractivity contribution < 1.29 is 154 Å². The molecule has 2 atom stereocenters. The highest BCUT2D eigenvalue weighted by atomic mass is 32.2. The van der Waals surface area contributed by atoms with Gasteiger partial charge in [-0.05, 0) is 0 Å². The van der Waals surface area contributed by atoms with Gasteiger partial charge in [0.1, 0.15) is 0 Å². The van der Waals surface area contributed by atoms with Crippen LogP contribution in [0, 0.1) is 0 Å². The maximum Gasteiger partial charge on any atom is 0.460 e. The number of rotatable bonds is 15. The monoisotopic (exact) mass is 860 g/mol. The van der Waals surface area contributed by atoms with Crippen molar-refractivity contribution in [2.75, 3.05) is 0 Å². The lowest BCUT2D eigenvalue weighted by Crippen LogP contribution is -2.75. The lowest BCUT2D eigenvalue weighted by molar-refractivity contribution is -0.560. The van der Waals surface area contributed by atoms with E-state index in [0.717, 1.165) is 14.2 Å². The molecule has 0 aromatic heterocycles. The van der Waals surface area contributed by atoms with Crippen LogP contribution >= 0.6 is 0 Å². The largest absolute Gasteiger partial charge is 0.460 e. The van der Waals surface area contributed by atoms with Gasteiger partial charge < -0.3 is 0 Å².